The van der Waals surface area contributed by atoms with E-state index >= 15 is 0 Å². The number of carbonyl (C=O) groups is 1. The van der Waals surface area contributed by atoms with E-state index in [4.69, 9.17) is 21.1 Å². The van der Waals surface area contributed by atoms with Gasteiger partial charge in [0.1, 0.15) is 12.4 Å². The Balaban J connectivity index is 1.63. The van der Waals surface area contributed by atoms with Gasteiger partial charge in [0.25, 0.3) is 5.91 Å². The molecule has 1 amide bonds. The van der Waals surface area contributed by atoms with E-state index in [1.807, 2.05) is 12.1 Å². The van der Waals surface area contributed by atoms with E-state index in [0.29, 0.717) is 28.7 Å². The minimum Gasteiger partial charge on any atom is -0.507 e. The van der Waals surface area contributed by atoms with Gasteiger partial charge in [0.15, 0.2) is 11.5 Å². The van der Waals surface area contributed by atoms with Gasteiger partial charge in [-0.05, 0) is 53.6 Å². The number of para-hydroxylation sites is 1. The van der Waals surface area contributed by atoms with Crippen molar-refractivity contribution in [1.82, 2.24) is 5.43 Å². The van der Waals surface area contributed by atoms with Gasteiger partial charge in [-0.1, -0.05) is 35.9 Å². The number of nitrogens with zero attached hydrogens (tertiary/aromatic N) is 1. The second kappa shape index (κ2) is 9.61. The molecule has 0 saturated heterocycles. The van der Waals surface area contributed by atoms with Crippen LogP contribution in [0.4, 0.5) is 0 Å². The van der Waals surface area contributed by atoms with Crippen LogP contribution in [0.5, 0.6) is 17.2 Å². The normalized spacial score (nSPS) is 10.7. The highest BCUT2D eigenvalue weighted by Gasteiger charge is 2.09. The van der Waals surface area contributed by atoms with Crippen LogP contribution in [0.1, 0.15) is 21.5 Å². The fourth-order valence-electron chi connectivity index (χ4n) is 2.52. The zero-order valence-corrected chi connectivity index (χ0v) is 16.4. The van der Waals surface area contributed by atoms with Crippen LogP contribution in [-0.4, -0.2) is 24.3 Å². The summed E-state index contributed by atoms with van der Waals surface area (Å²) in [6.45, 7) is 0.373. The Labute approximate surface area is 173 Å². The summed E-state index contributed by atoms with van der Waals surface area (Å²) in [5.41, 5.74) is 4.21. The summed E-state index contributed by atoms with van der Waals surface area (Å²) in [4.78, 5) is 12.0. The lowest BCUT2D eigenvalue weighted by Gasteiger charge is -2.11. The average molecular weight is 411 g/mol. The van der Waals surface area contributed by atoms with Gasteiger partial charge in [0, 0.05) is 5.02 Å². The fraction of sp³-hybridized carbons (Fsp3) is 0.0909. The van der Waals surface area contributed by atoms with Crippen molar-refractivity contribution in [2.24, 2.45) is 5.10 Å². The Morgan fingerprint density at radius 1 is 1.10 bits per heavy atom. The Hall–Kier alpha value is -3.51. The van der Waals surface area contributed by atoms with Gasteiger partial charge in [-0.3, -0.25) is 4.79 Å². The summed E-state index contributed by atoms with van der Waals surface area (Å²) >= 11 is 5.89. The molecule has 148 valence electrons. The number of hydrazone groups is 1. The molecule has 0 aromatic heterocycles. The number of benzene rings is 3. The summed E-state index contributed by atoms with van der Waals surface area (Å²) in [5, 5.41) is 14.3. The molecule has 0 aliphatic carbocycles. The molecule has 0 bridgehead atoms. The maximum absolute atomic E-state index is 12.0. The molecular formula is C22H19ClN2O4. The number of aromatic hydroxyl groups is 1. The lowest BCUT2D eigenvalue weighted by molar-refractivity contribution is 0.0952. The van der Waals surface area contributed by atoms with Crippen molar-refractivity contribution < 1.29 is 19.4 Å². The van der Waals surface area contributed by atoms with Gasteiger partial charge in [-0.25, -0.2) is 5.43 Å². The van der Waals surface area contributed by atoms with Gasteiger partial charge in [0.2, 0.25) is 0 Å². The van der Waals surface area contributed by atoms with Crippen LogP contribution in [0.2, 0.25) is 5.02 Å². The highest BCUT2D eigenvalue weighted by Crippen LogP contribution is 2.28. The van der Waals surface area contributed by atoms with Gasteiger partial charge in [-0.2, -0.15) is 5.10 Å². The molecule has 29 heavy (non-hydrogen) atoms. The van der Waals surface area contributed by atoms with Gasteiger partial charge < -0.3 is 14.6 Å². The molecule has 7 heteroatoms. The van der Waals surface area contributed by atoms with Crippen LogP contribution in [0, 0.1) is 0 Å². The molecule has 0 radical (unpaired) electrons. The summed E-state index contributed by atoms with van der Waals surface area (Å²) in [6.07, 6.45) is 1.48. The van der Waals surface area contributed by atoms with E-state index in [9.17, 15) is 9.90 Å². The van der Waals surface area contributed by atoms with Crippen molar-refractivity contribution in [3.05, 3.63) is 88.4 Å². The summed E-state index contributed by atoms with van der Waals surface area (Å²) in [6, 6.07) is 18.9. The summed E-state index contributed by atoms with van der Waals surface area (Å²) in [5.74, 6) is 0.506. The highest BCUT2D eigenvalue weighted by atomic mass is 35.5. The van der Waals surface area contributed by atoms with Crippen molar-refractivity contribution in [1.29, 1.82) is 0 Å². The molecule has 0 spiro atoms. The summed E-state index contributed by atoms with van der Waals surface area (Å²) < 4.78 is 11.2. The second-order valence-corrected chi connectivity index (χ2v) is 6.48. The summed E-state index contributed by atoms with van der Waals surface area (Å²) in [7, 11) is 1.55. The van der Waals surface area contributed by atoms with Crippen LogP contribution in [0.15, 0.2) is 71.8 Å². The van der Waals surface area contributed by atoms with Crippen molar-refractivity contribution in [3.63, 3.8) is 0 Å². The van der Waals surface area contributed by atoms with Crippen molar-refractivity contribution in [2.75, 3.05) is 7.11 Å². The molecule has 0 heterocycles. The second-order valence-electron chi connectivity index (χ2n) is 6.04. The number of nitrogens with one attached hydrogen (secondary N) is 1. The predicted molar refractivity (Wildman–Crippen MR) is 112 cm³/mol. The minimum atomic E-state index is -0.505. The van der Waals surface area contributed by atoms with Gasteiger partial charge >= 0.3 is 0 Å². The number of phenolic OH excluding ortho intramolecular Hbond substituents is 1. The van der Waals surface area contributed by atoms with Crippen LogP contribution in [0.25, 0.3) is 0 Å². The number of carbonyl (C=O) groups excluding carboxylic acids is 1. The highest BCUT2D eigenvalue weighted by molar-refractivity contribution is 6.30. The van der Waals surface area contributed by atoms with E-state index < -0.39 is 5.91 Å². The third kappa shape index (κ3) is 5.49. The molecule has 3 rings (SSSR count). The zero-order valence-electron chi connectivity index (χ0n) is 15.6. The molecule has 6 nitrogen and oxygen atoms in total. The Kier molecular flexibility index (Phi) is 6.71. The SMILES string of the molecule is COc1cc(/C=N/NC(=O)c2ccccc2O)ccc1OCc1ccc(Cl)cc1. The molecule has 0 aliphatic heterocycles. The Morgan fingerprint density at radius 2 is 1.86 bits per heavy atom. The van der Waals surface area contributed by atoms with Crippen LogP contribution in [-0.2, 0) is 6.61 Å². The first kappa shape index (κ1) is 20.2. The third-order valence-corrected chi connectivity index (χ3v) is 4.28. The monoisotopic (exact) mass is 410 g/mol. The Bertz CT molecular complexity index is 1020. The average Bonchev–Trinajstić information content (AvgIpc) is 2.74. The molecule has 0 saturated carbocycles. The predicted octanol–water partition coefficient (Wildman–Crippen LogP) is 4.40. The number of ether oxygens (including phenoxy) is 2. The first-order valence-electron chi connectivity index (χ1n) is 8.73. The van der Waals surface area contributed by atoms with Gasteiger partial charge in [0.05, 0.1) is 18.9 Å². The van der Waals surface area contributed by atoms with E-state index in [-0.39, 0.29) is 11.3 Å². The topological polar surface area (TPSA) is 80.2 Å². The van der Waals surface area contributed by atoms with E-state index in [1.54, 1.807) is 49.6 Å². The number of phenols is 1. The largest absolute Gasteiger partial charge is 0.507 e. The minimum absolute atomic E-state index is 0.107. The molecule has 3 aromatic rings. The number of halogens is 1. The number of methoxy groups -OCH3 is 1. The lowest BCUT2D eigenvalue weighted by Crippen LogP contribution is -2.17. The maximum atomic E-state index is 12.0. The van der Waals surface area contributed by atoms with Gasteiger partial charge in [-0.15, -0.1) is 0 Å². The van der Waals surface area contributed by atoms with Crippen molar-refractivity contribution >= 4 is 23.7 Å². The van der Waals surface area contributed by atoms with Crippen molar-refractivity contribution in [3.8, 4) is 17.2 Å². The van der Waals surface area contributed by atoms with E-state index in [0.717, 1.165) is 5.56 Å². The number of hydrogen-bond donors (Lipinski definition) is 2. The van der Waals surface area contributed by atoms with Crippen LogP contribution < -0.4 is 14.9 Å². The zero-order chi connectivity index (χ0) is 20.6. The molecule has 2 N–H and O–H groups in total. The standard InChI is InChI=1S/C22H19ClN2O4/c1-28-21-12-16(13-24-25-22(27)18-4-2-3-5-19(18)26)8-11-20(21)29-14-15-6-9-17(23)10-7-15/h2-13,26H,14H2,1H3,(H,25,27)/b24-13+. The third-order valence-electron chi connectivity index (χ3n) is 4.02. The molecule has 0 atom stereocenters. The molecule has 0 aliphatic rings. The van der Waals surface area contributed by atoms with E-state index in [1.165, 1.54) is 18.3 Å². The number of hydrogen-bond acceptors (Lipinski definition) is 5. The number of rotatable bonds is 7. The molecular weight excluding hydrogens is 392 g/mol. The number of amides is 1. The fourth-order valence-corrected chi connectivity index (χ4v) is 2.64. The first-order chi connectivity index (χ1) is 14.1. The Morgan fingerprint density at radius 3 is 2.59 bits per heavy atom. The van der Waals surface area contributed by atoms with Crippen molar-refractivity contribution in [2.45, 2.75) is 6.61 Å². The smallest absolute Gasteiger partial charge is 0.275 e. The van der Waals surface area contributed by atoms with Crippen LogP contribution >= 0.6 is 11.6 Å². The molecule has 3 aromatic carbocycles. The lowest BCUT2D eigenvalue weighted by atomic mass is 10.2. The molecule has 0 unspecified atom stereocenters. The van der Waals surface area contributed by atoms with E-state index in [2.05, 4.69) is 10.5 Å². The van der Waals surface area contributed by atoms with Crippen LogP contribution in [0.3, 0.4) is 0 Å². The quantitative estimate of drug-likeness (QED) is 0.447. The first-order valence-corrected chi connectivity index (χ1v) is 9.11. The molecule has 0 fully saturated rings. The maximum Gasteiger partial charge on any atom is 0.275 e.